The van der Waals surface area contributed by atoms with E-state index >= 15 is 0 Å². The summed E-state index contributed by atoms with van der Waals surface area (Å²) in [5.41, 5.74) is 3.65. The quantitative estimate of drug-likeness (QED) is 0.926. The first-order valence-corrected chi connectivity index (χ1v) is 6.44. The van der Waals surface area contributed by atoms with E-state index in [1.165, 1.54) is 11.1 Å². The molecule has 1 aromatic heterocycles. The number of aromatic nitrogens is 1. The predicted octanol–water partition coefficient (Wildman–Crippen LogP) is 3.81. The number of anilines is 1. The predicted molar refractivity (Wildman–Crippen MR) is 75.3 cm³/mol. The van der Waals surface area contributed by atoms with E-state index in [4.69, 9.17) is 0 Å². The van der Waals surface area contributed by atoms with Crippen molar-refractivity contribution in [2.75, 3.05) is 11.9 Å². The number of aryl methyl sites for hydroxylation is 1. The minimum absolute atomic E-state index is 0.918. The summed E-state index contributed by atoms with van der Waals surface area (Å²) in [5.74, 6) is 0. The van der Waals surface area contributed by atoms with E-state index in [-0.39, 0.29) is 0 Å². The Hall–Kier alpha value is -1.35. The molecule has 2 nitrogen and oxygen atoms in total. The normalized spacial score (nSPS) is 10.2. The summed E-state index contributed by atoms with van der Waals surface area (Å²) in [4.78, 5) is 4.10. The van der Waals surface area contributed by atoms with Crippen LogP contribution in [-0.2, 0) is 6.42 Å². The highest BCUT2D eigenvalue weighted by molar-refractivity contribution is 9.10. The van der Waals surface area contributed by atoms with Gasteiger partial charge in [-0.2, -0.15) is 0 Å². The highest BCUT2D eigenvalue weighted by Crippen LogP contribution is 2.20. The fourth-order valence-corrected chi connectivity index (χ4v) is 1.98. The van der Waals surface area contributed by atoms with Crippen molar-refractivity contribution in [2.24, 2.45) is 0 Å². The lowest BCUT2D eigenvalue weighted by Gasteiger charge is -2.07. The molecule has 0 unspecified atom stereocenters. The fourth-order valence-electron chi connectivity index (χ4n) is 1.60. The second-order valence-corrected chi connectivity index (χ2v) is 4.86. The lowest BCUT2D eigenvalue weighted by Crippen LogP contribution is -2.04. The zero-order chi connectivity index (χ0) is 12.1. The van der Waals surface area contributed by atoms with E-state index in [1.54, 1.807) is 6.20 Å². The van der Waals surface area contributed by atoms with Crippen LogP contribution in [0.3, 0.4) is 0 Å². The van der Waals surface area contributed by atoms with E-state index in [0.29, 0.717) is 0 Å². The van der Waals surface area contributed by atoms with Crippen LogP contribution in [0.1, 0.15) is 11.1 Å². The number of benzene rings is 1. The first kappa shape index (κ1) is 12.1. The molecule has 0 bridgehead atoms. The van der Waals surface area contributed by atoms with E-state index in [2.05, 4.69) is 57.4 Å². The molecule has 1 heterocycles. The molecular formula is C14H15BrN2. The lowest BCUT2D eigenvalue weighted by atomic mass is 10.2. The Morgan fingerprint density at radius 3 is 2.88 bits per heavy atom. The van der Waals surface area contributed by atoms with Crippen LogP contribution >= 0.6 is 15.9 Å². The van der Waals surface area contributed by atoms with Crippen molar-refractivity contribution >= 4 is 21.6 Å². The number of halogens is 1. The van der Waals surface area contributed by atoms with Crippen LogP contribution in [0.15, 0.2) is 47.2 Å². The van der Waals surface area contributed by atoms with Gasteiger partial charge in [0.15, 0.2) is 0 Å². The average Bonchev–Trinajstić information content (AvgIpc) is 2.35. The van der Waals surface area contributed by atoms with Gasteiger partial charge in [0.05, 0.1) is 0 Å². The van der Waals surface area contributed by atoms with Crippen LogP contribution in [0.5, 0.6) is 0 Å². The van der Waals surface area contributed by atoms with Crippen LogP contribution < -0.4 is 5.32 Å². The Labute approximate surface area is 110 Å². The molecule has 1 N–H and O–H groups in total. The first-order valence-electron chi connectivity index (χ1n) is 5.64. The van der Waals surface area contributed by atoms with Crippen molar-refractivity contribution in [1.29, 1.82) is 0 Å². The Kier molecular flexibility index (Phi) is 4.15. The average molecular weight is 291 g/mol. The molecule has 0 aliphatic rings. The van der Waals surface area contributed by atoms with Gasteiger partial charge in [0.25, 0.3) is 0 Å². The molecule has 0 radical (unpaired) electrons. The number of nitrogens with zero attached hydrogens (tertiary/aromatic N) is 1. The summed E-state index contributed by atoms with van der Waals surface area (Å²) >= 11 is 3.53. The Bertz CT molecular complexity index is 483. The van der Waals surface area contributed by atoms with Gasteiger partial charge in [-0.1, -0.05) is 28.1 Å². The molecule has 0 fully saturated rings. The van der Waals surface area contributed by atoms with E-state index in [0.717, 1.165) is 23.1 Å². The molecule has 2 aromatic rings. The van der Waals surface area contributed by atoms with Crippen molar-refractivity contribution < 1.29 is 0 Å². The van der Waals surface area contributed by atoms with Gasteiger partial charge < -0.3 is 5.32 Å². The highest BCUT2D eigenvalue weighted by atomic mass is 79.9. The van der Waals surface area contributed by atoms with Crippen LogP contribution in [0.25, 0.3) is 0 Å². The van der Waals surface area contributed by atoms with Gasteiger partial charge in [0, 0.05) is 29.1 Å². The standard InChI is InChI=1S/C14H15BrN2/c1-11-4-5-13(9-14(11)15)17-8-6-12-3-2-7-16-10-12/h2-5,7,9-10,17H,6,8H2,1H3. The molecule has 0 aliphatic carbocycles. The molecule has 88 valence electrons. The topological polar surface area (TPSA) is 24.9 Å². The smallest absolute Gasteiger partial charge is 0.0351 e. The summed E-state index contributed by atoms with van der Waals surface area (Å²) in [7, 11) is 0. The Balaban J connectivity index is 1.88. The van der Waals surface area contributed by atoms with E-state index in [1.807, 2.05) is 12.3 Å². The van der Waals surface area contributed by atoms with Crippen LogP contribution in [0, 0.1) is 6.92 Å². The van der Waals surface area contributed by atoms with Crippen molar-refractivity contribution in [3.8, 4) is 0 Å². The van der Waals surface area contributed by atoms with Gasteiger partial charge >= 0.3 is 0 Å². The number of hydrogen-bond donors (Lipinski definition) is 1. The molecular weight excluding hydrogens is 276 g/mol. The largest absolute Gasteiger partial charge is 0.385 e. The Morgan fingerprint density at radius 2 is 2.18 bits per heavy atom. The van der Waals surface area contributed by atoms with Crippen molar-refractivity contribution in [2.45, 2.75) is 13.3 Å². The lowest BCUT2D eigenvalue weighted by molar-refractivity contribution is 1.00. The van der Waals surface area contributed by atoms with Crippen LogP contribution in [0.2, 0.25) is 0 Å². The maximum atomic E-state index is 4.10. The molecule has 0 saturated carbocycles. The molecule has 1 aromatic carbocycles. The van der Waals surface area contributed by atoms with Gasteiger partial charge in [0.1, 0.15) is 0 Å². The van der Waals surface area contributed by atoms with Gasteiger partial charge in [-0.15, -0.1) is 0 Å². The maximum absolute atomic E-state index is 4.10. The van der Waals surface area contributed by atoms with Crippen LogP contribution in [0.4, 0.5) is 5.69 Å². The number of nitrogens with one attached hydrogen (secondary N) is 1. The number of pyridine rings is 1. The molecule has 3 heteroatoms. The van der Waals surface area contributed by atoms with Crippen molar-refractivity contribution in [1.82, 2.24) is 4.98 Å². The van der Waals surface area contributed by atoms with Crippen molar-refractivity contribution in [3.05, 3.63) is 58.3 Å². The van der Waals surface area contributed by atoms with Gasteiger partial charge in [0.2, 0.25) is 0 Å². The van der Waals surface area contributed by atoms with E-state index in [9.17, 15) is 0 Å². The summed E-state index contributed by atoms with van der Waals surface area (Å²) in [6.45, 7) is 3.00. The molecule has 0 spiro atoms. The molecule has 0 saturated heterocycles. The maximum Gasteiger partial charge on any atom is 0.0351 e. The second-order valence-electron chi connectivity index (χ2n) is 4.00. The third-order valence-electron chi connectivity index (χ3n) is 2.64. The minimum Gasteiger partial charge on any atom is -0.385 e. The third kappa shape index (κ3) is 3.56. The summed E-state index contributed by atoms with van der Waals surface area (Å²) in [6, 6.07) is 10.4. The second kappa shape index (κ2) is 5.82. The minimum atomic E-state index is 0.918. The van der Waals surface area contributed by atoms with E-state index < -0.39 is 0 Å². The van der Waals surface area contributed by atoms with Gasteiger partial charge in [-0.25, -0.2) is 0 Å². The van der Waals surface area contributed by atoms with Gasteiger partial charge in [-0.3, -0.25) is 4.98 Å². The number of rotatable bonds is 4. The molecule has 17 heavy (non-hydrogen) atoms. The SMILES string of the molecule is Cc1ccc(NCCc2cccnc2)cc1Br. The number of hydrogen-bond acceptors (Lipinski definition) is 2. The van der Waals surface area contributed by atoms with Crippen molar-refractivity contribution in [3.63, 3.8) is 0 Å². The highest BCUT2D eigenvalue weighted by Gasteiger charge is 1.97. The summed E-state index contributed by atoms with van der Waals surface area (Å²) in [6.07, 6.45) is 4.69. The monoisotopic (exact) mass is 290 g/mol. The summed E-state index contributed by atoms with van der Waals surface area (Å²) < 4.78 is 1.14. The Morgan fingerprint density at radius 1 is 1.29 bits per heavy atom. The third-order valence-corrected chi connectivity index (χ3v) is 3.49. The molecule has 2 rings (SSSR count). The molecule has 0 amide bonds. The zero-order valence-corrected chi connectivity index (χ0v) is 11.4. The zero-order valence-electron chi connectivity index (χ0n) is 9.78. The summed E-state index contributed by atoms with van der Waals surface area (Å²) in [5, 5.41) is 3.40. The molecule has 0 aliphatic heterocycles. The fraction of sp³-hybridized carbons (Fsp3) is 0.214. The van der Waals surface area contributed by atoms with Gasteiger partial charge in [-0.05, 0) is 42.7 Å². The van der Waals surface area contributed by atoms with Crippen LogP contribution in [-0.4, -0.2) is 11.5 Å². The first-order chi connectivity index (χ1) is 8.25. The molecule has 0 atom stereocenters.